The van der Waals surface area contributed by atoms with Gasteiger partial charge in [0.15, 0.2) is 0 Å². The van der Waals surface area contributed by atoms with Crippen LogP contribution < -0.4 is 5.32 Å². The van der Waals surface area contributed by atoms with Crippen LogP contribution in [0.4, 0.5) is 0 Å². The molecule has 0 aliphatic heterocycles. The van der Waals surface area contributed by atoms with Gasteiger partial charge in [-0.3, -0.25) is 4.79 Å². The van der Waals surface area contributed by atoms with Gasteiger partial charge in [-0.25, -0.2) is 0 Å². The average molecular weight is 306 g/mol. The number of nitrogens with one attached hydrogen (secondary N) is 1. The molecular formula is C16H16ClNOS. The summed E-state index contributed by atoms with van der Waals surface area (Å²) in [5.74, 6) is -0.123. The minimum Gasteiger partial charge on any atom is -0.352 e. The molecule has 1 amide bonds. The smallest absolute Gasteiger partial charge is 0.252 e. The highest BCUT2D eigenvalue weighted by Gasteiger charge is 2.10. The van der Waals surface area contributed by atoms with Crippen molar-refractivity contribution in [2.75, 3.05) is 12.8 Å². The van der Waals surface area contributed by atoms with Gasteiger partial charge in [0, 0.05) is 11.4 Å². The first-order valence-corrected chi connectivity index (χ1v) is 7.96. The molecule has 0 aliphatic carbocycles. The van der Waals surface area contributed by atoms with E-state index in [1.165, 1.54) is 5.56 Å². The van der Waals surface area contributed by atoms with Gasteiger partial charge in [-0.2, -0.15) is 0 Å². The van der Waals surface area contributed by atoms with Gasteiger partial charge < -0.3 is 5.32 Å². The number of halogens is 1. The van der Waals surface area contributed by atoms with Crippen LogP contribution >= 0.6 is 23.4 Å². The van der Waals surface area contributed by atoms with E-state index in [-0.39, 0.29) is 5.91 Å². The number of carbonyl (C=O) groups excluding carboxylic acids is 1. The molecule has 0 heterocycles. The molecule has 0 unspecified atom stereocenters. The van der Waals surface area contributed by atoms with Crippen LogP contribution in [-0.4, -0.2) is 18.7 Å². The van der Waals surface area contributed by atoms with Crippen LogP contribution in [0.1, 0.15) is 15.9 Å². The van der Waals surface area contributed by atoms with Crippen LogP contribution in [0.15, 0.2) is 53.4 Å². The fourth-order valence-corrected chi connectivity index (χ4v) is 2.51. The number of carbonyl (C=O) groups is 1. The topological polar surface area (TPSA) is 29.1 Å². The summed E-state index contributed by atoms with van der Waals surface area (Å²) in [6, 6.07) is 15.6. The Morgan fingerprint density at radius 1 is 1.20 bits per heavy atom. The average Bonchev–Trinajstić information content (AvgIpc) is 2.48. The molecular weight excluding hydrogens is 290 g/mol. The summed E-state index contributed by atoms with van der Waals surface area (Å²) in [6.07, 6.45) is 2.78. The maximum absolute atomic E-state index is 12.1. The predicted octanol–water partition coefficient (Wildman–Crippen LogP) is 4.03. The number of hydrogen-bond donors (Lipinski definition) is 1. The van der Waals surface area contributed by atoms with Crippen LogP contribution in [0.5, 0.6) is 0 Å². The number of hydrogen-bond acceptors (Lipinski definition) is 2. The molecule has 1 N–H and O–H groups in total. The number of benzene rings is 2. The molecule has 0 fully saturated rings. The Hall–Kier alpha value is -1.45. The van der Waals surface area contributed by atoms with E-state index in [0.717, 1.165) is 11.3 Å². The van der Waals surface area contributed by atoms with Crippen molar-refractivity contribution in [2.45, 2.75) is 11.3 Å². The molecule has 0 radical (unpaired) electrons. The van der Waals surface area contributed by atoms with Crippen molar-refractivity contribution in [1.29, 1.82) is 0 Å². The van der Waals surface area contributed by atoms with Crippen molar-refractivity contribution in [2.24, 2.45) is 0 Å². The van der Waals surface area contributed by atoms with E-state index >= 15 is 0 Å². The second-order valence-corrected chi connectivity index (χ2v) is 5.62. The van der Waals surface area contributed by atoms with Crippen LogP contribution in [0.3, 0.4) is 0 Å². The zero-order chi connectivity index (χ0) is 14.4. The van der Waals surface area contributed by atoms with Crippen molar-refractivity contribution in [3.63, 3.8) is 0 Å². The van der Waals surface area contributed by atoms with E-state index in [0.29, 0.717) is 17.1 Å². The Balaban J connectivity index is 1.95. The summed E-state index contributed by atoms with van der Waals surface area (Å²) in [7, 11) is 0. The third kappa shape index (κ3) is 4.02. The molecule has 0 atom stereocenters. The highest BCUT2D eigenvalue weighted by molar-refractivity contribution is 7.98. The van der Waals surface area contributed by atoms with E-state index in [2.05, 4.69) is 5.32 Å². The maximum atomic E-state index is 12.1. The Labute approximate surface area is 128 Å². The van der Waals surface area contributed by atoms with E-state index < -0.39 is 0 Å². The first-order chi connectivity index (χ1) is 9.70. The summed E-state index contributed by atoms with van der Waals surface area (Å²) >= 11 is 7.67. The first kappa shape index (κ1) is 14.9. The standard InChI is InChI=1S/C16H16ClNOS/c1-20-13-7-8-15(17)14(11-13)16(19)18-10-9-12-5-3-2-4-6-12/h2-8,11H,9-10H2,1H3,(H,18,19). The van der Waals surface area contributed by atoms with Crippen molar-refractivity contribution in [3.8, 4) is 0 Å². The van der Waals surface area contributed by atoms with Gasteiger partial charge in [0.25, 0.3) is 5.91 Å². The molecule has 0 aromatic heterocycles. The minimum atomic E-state index is -0.123. The number of thioether (sulfide) groups is 1. The van der Waals surface area contributed by atoms with E-state index in [1.54, 1.807) is 17.8 Å². The zero-order valence-corrected chi connectivity index (χ0v) is 12.8. The van der Waals surface area contributed by atoms with Crippen LogP contribution in [-0.2, 0) is 6.42 Å². The largest absolute Gasteiger partial charge is 0.352 e. The van der Waals surface area contributed by atoms with E-state index in [4.69, 9.17) is 11.6 Å². The number of amides is 1. The summed E-state index contributed by atoms with van der Waals surface area (Å²) in [4.78, 5) is 13.1. The molecule has 20 heavy (non-hydrogen) atoms. The predicted molar refractivity (Wildman–Crippen MR) is 85.7 cm³/mol. The van der Waals surface area contributed by atoms with Crippen molar-refractivity contribution in [3.05, 3.63) is 64.7 Å². The summed E-state index contributed by atoms with van der Waals surface area (Å²) in [5.41, 5.74) is 1.74. The van der Waals surface area contributed by atoms with Crippen molar-refractivity contribution in [1.82, 2.24) is 5.32 Å². The first-order valence-electron chi connectivity index (χ1n) is 6.36. The fraction of sp³-hybridized carbons (Fsp3) is 0.188. The van der Waals surface area contributed by atoms with Crippen LogP contribution in [0.2, 0.25) is 5.02 Å². The molecule has 2 aromatic carbocycles. The van der Waals surface area contributed by atoms with Crippen LogP contribution in [0.25, 0.3) is 0 Å². The van der Waals surface area contributed by atoms with Crippen LogP contribution in [0, 0.1) is 0 Å². The molecule has 2 nitrogen and oxygen atoms in total. The van der Waals surface area contributed by atoms with Gasteiger partial charge >= 0.3 is 0 Å². The Morgan fingerprint density at radius 2 is 1.95 bits per heavy atom. The highest BCUT2D eigenvalue weighted by Crippen LogP contribution is 2.22. The molecule has 0 saturated carbocycles. The lowest BCUT2D eigenvalue weighted by Gasteiger charge is -2.08. The lowest BCUT2D eigenvalue weighted by atomic mass is 10.1. The van der Waals surface area contributed by atoms with Gasteiger partial charge in [0.1, 0.15) is 0 Å². The maximum Gasteiger partial charge on any atom is 0.252 e. The van der Waals surface area contributed by atoms with Crippen molar-refractivity contribution < 1.29 is 4.79 Å². The second-order valence-electron chi connectivity index (χ2n) is 4.34. The normalized spacial score (nSPS) is 10.3. The molecule has 2 rings (SSSR count). The molecule has 0 aliphatic rings. The molecule has 4 heteroatoms. The lowest BCUT2D eigenvalue weighted by molar-refractivity contribution is 0.0954. The summed E-state index contributed by atoms with van der Waals surface area (Å²) < 4.78 is 0. The van der Waals surface area contributed by atoms with Gasteiger partial charge in [0.2, 0.25) is 0 Å². The Morgan fingerprint density at radius 3 is 2.65 bits per heavy atom. The SMILES string of the molecule is CSc1ccc(Cl)c(C(=O)NCCc2ccccc2)c1. The quantitative estimate of drug-likeness (QED) is 0.845. The molecule has 2 aromatic rings. The molecule has 0 spiro atoms. The molecule has 0 saturated heterocycles. The summed E-state index contributed by atoms with van der Waals surface area (Å²) in [6.45, 7) is 0.600. The number of rotatable bonds is 5. The third-order valence-corrected chi connectivity index (χ3v) is 4.02. The Kier molecular flexibility index (Phi) is 5.50. The Bertz CT molecular complexity index is 586. The van der Waals surface area contributed by atoms with Gasteiger partial charge in [-0.15, -0.1) is 11.8 Å². The monoisotopic (exact) mass is 305 g/mol. The van der Waals surface area contributed by atoms with Crippen molar-refractivity contribution >= 4 is 29.3 Å². The van der Waals surface area contributed by atoms with Gasteiger partial charge in [-0.1, -0.05) is 41.9 Å². The molecule has 104 valence electrons. The fourth-order valence-electron chi connectivity index (χ4n) is 1.87. The third-order valence-electron chi connectivity index (χ3n) is 2.96. The second kappa shape index (κ2) is 7.36. The van der Waals surface area contributed by atoms with E-state index in [1.807, 2.05) is 48.7 Å². The summed E-state index contributed by atoms with van der Waals surface area (Å²) in [5, 5.41) is 3.39. The zero-order valence-electron chi connectivity index (χ0n) is 11.2. The molecule has 0 bridgehead atoms. The lowest BCUT2D eigenvalue weighted by Crippen LogP contribution is -2.26. The minimum absolute atomic E-state index is 0.123. The van der Waals surface area contributed by atoms with Gasteiger partial charge in [0.05, 0.1) is 10.6 Å². The highest BCUT2D eigenvalue weighted by atomic mass is 35.5. The van der Waals surface area contributed by atoms with Gasteiger partial charge in [-0.05, 0) is 36.4 Å². The van der Waals surface area contributed by atoms with E-state index in [9.17, 15) is 4.79 Å².